The van der Waals surface area contributed by atoms with Crippen molar-refractivity contribution in [3.63, 3.8) is 0 Å². The highest BCUT2D eigenvalue weighted by Gasteiger charge is 2.05. The number of benzene rings is 1. The summed E-state index contributed by atoms with van der Waals surface area (Å²) in [6.45, 7) is 2.11. The fourth-order valence-corrected chi connectivity index (χ4v) is 1.92. The molecule has 1 rings (SSSR count). The summed E-state index contributed by atoms with van der Waals surface area (Å²) < 4.78 is 0. The minimum Gasteiger partial charge on any atom is -0.383 e. The maximum absolute atomic E-state index is 10.5. The van der Waals surface area contributed by atoms with E-state index in [2.05, 4.69) is 18.5 Å². The number of nitrogens with zero attached hydrogens (tertiary/aromatic N) is 1. The zero-order chi connectivity index (χ0) is 12.0. The van der Waals surface area contributed by atoms with E-state index in [1.807, 2.05) is 11.8 Å². The van der Waals surface area contributed by atoms with Crippen LogP contribution in [0.4, 0.5) is 11.4 Å². The van der Waals surface area contributed by atoms with Gasteiger partial charge in [-0.1, -0.05) is 0 Å². The van der Waals surface area contributed by atoms with Crippen LogP contribution in [0.3, 0.4) is 0 Å². The molecule has 1 aromatic rings. The van der Waals surface area contributed by atoms with E-state index in [0.29, 0.717) is 6.04 Å². The van der Waals surface area contributed by atoms with Crippen molar-refractivity contribution in [2.45, 2.75) is 19.4 Å². The molecule has 1 N–H and O–H groups in total. The van der Waals surface area contributed by atoms with Crippen molar-refractivity contribution in [3.05, 3.63) is 34.4 Å². The summed E-state index contributed by atoms with van der Waals surface area (Å²) in [7, 11) is 0. The molecule has 5 heteroatoms. The standard InChI is InChI=1S/C11H16N2O2S/c1-9(7-8-16-2)12-10-3-5-11(6-4-10)13(14)15/h3-6,9,12H,7-8H2,1-2H3. The molecule has 0 saturated carbocycles. The molecule has 88 valence electrons. The number of rotatable bonds is 6. The second kappa shape index (κ2) is 6.37. The molecule has 0 saturated heterocycles. The van der Waals surface area contributed by atoms with Crippen molar-refractivity contribution in [2.24, 2.45) is 0 Å². The van der Waals surface area contributed by atoms with Crippen molar-refractivity contribution in [3.8, 4) is 0 Å². The number of nitrogens with one attached hydrogen (secondary N) is 1. The monoisotopic (exact) mass is 240 g/mol. The molecule has 0 bridgehead atoms. The quantitative estimate of drug-likeness (QED) is 0.613. The van der Waals surface area contributed by atoms with Crippen molar-refractivity contribution in [2.75, 3.05) is 17.3 Å². The van der Waals surface area contributed by atoms with Crippen LogP contribution in [0.15, 0.2) is 24.3 Å². The van der Waals surface area contributed by atoms with Gasteiger partial charge in [-0.15, -0.1) is 0 Å². The lowest BCUT2D eigenvalue weighted by molar-refractivity contribution is -0.384. The highest BCUT2D eigenvalue weighted by atomic mass is 32.2. The minimum atomic E-state index is -0.388. The van der Waals surface area contributed by atoms with Gasteiger partial charge in [0.2, 0.25) is 0 Å². The van der Waals surface area contributed by atoms with E-state index < -0.39 is 0 Å². The highest BCUT2D eigenvalue weighted by molar-refractivity contribution is 7.98. The van der Waals surface area contributed by atoms with E-state index in [1.165, 1.54) is 12.1 Å². The first kappa shape index (κ1) is 12.8. The second-order valence-electron chi connectivity index (χ2n) is 3.63. The fraction of sp³-hybridized carbons (Fsp3) is 0.455. The van der Waals surface area contributed by atoms with Crippen LogP contribution in [-0.2, 0) is 0 Å². The summed E-state index contributed by atoms with van der Waals surface area (Å²) in [4.78, 5) is 10.1. The molecular formula is C11H16N2O2S. The van der Waals surface area contributed by atoms with Crippen molar-refractivity contribution in [1.29, 1.82) is 0 Å². The fourth-order valence-electron chi connectivity index (χ4n) is 1.33. The zero-order valence-electron chi connectivity index (χ0n) is 9.47. The van der Waals surface area contributed by atoms with Gasteiger partial charge in [0.1, 0.15) is 0 Å². The third kappa shape index (κ3) is 4.10. The molecule has 0 aliphatic carbocycles. The Labute approximate surface area is 99.6 Å². The Balaban J connectivity index is 2.51. The summed E-state index contributed by atoms with van der Waals surface area (Å²) in [5, 5.41) is 13.8. The number of anilines is 1. The van der Waals surface area contributed by atoms with Crippen molar-refractivity contribution < 1.29 is 4.92 Å². The Morgan fingerprint density at radius 1 is 1.44 bits per heavy atom. The van der Waals surface area contributed by atoms with Gasteiger partial charge in [-0.25, -0.2) is 0 Å². The molecule has 0 fully saturated rings. The van der Waals surface area contributed by atoms with Crippen molar-refractivity contribution in [1.82, 2.24) is 0 Å². The van der Waals surface area contributed by atoms with Gasteiger partial charge in [0, 0.05) is 23.9 Å². The van der Waals surface area contributed by atoms with Crippen LogP contribution in [0.25, 0.3) is 0 Å². The van der Waals surface area contributed by atoms with Gasteiger partial charge in [0.05, 0.1) is 4.92 Å². The van der Waals surface area contributed by atoms with Gasteiger partial charge in [0.25, 0.3) is 5.69 Å². The summed E-state index contributed by atoms with van der Waals surface area (Å²) in [6, 6.07) is 6.91. The number of thioether (sulfide) groups is 1. The Kier molecular flexibility index (Phi) is 5.11. The number of nitro groups is 1. The molecule has 16 heavy (non-hydrogen) atoms. The Morgan fingerprint density at radius 2 is 2.06 bits per heavy atom. The molecule has 0 radical (unpaired) electrons. The Bertz CT molecular complexity index is 340. The number of nitro benzene ring substituents is 1. The van der Waals surface area contributed by atoms with Gasteiger partial charge in [-0.3, -0.25) is 10.1 Å². The summed E-state index contributed by atoms with van der Waals surface area (Å²) in [6.07, 6.45) is 3.16. The van der Waals surface area contributed by atoms with E-state index >= 15 is 0 Å². The summed E-state index contributed by atoms with van der Waals surface area (Å²) in [5.41, 5.74) is 1.06. The predicted molar refractivity (Wildman–Crippen MR) is 69.2 cm³/mol. The molecule has 0 amide bonds. The van der Waals surface area contributed by atoms with Gasteiger partial charge < -0.3 is 5.32 Å². The van der Waals surface area contributed by atoms with Crippen LogP contribution >= 0.6 is 11.8 Å². The van der Waals surface area contributed by atoms with Crippen LogP contribution in [0.1, 0.15) is 13.3 Å². The number of non-ortho nitro benzene ring substituents is 1. The van der Waals surface area contributed by atoms with E-state index in [0.717, 1.165) is 17.9 Å². The molecule has 0 aliphatic rings. The SMILES string of the molecule is CSCCC(C)Nc1ccc([N+](=O)[O-])cc1. The smallest absolute Gasteiger partial charge is 0.269 e. The first-order valence-electron chi connectivity index (χ1n) is 5.13. The first-order valence-corrected chi connectivity index (χ1v) is 6.53. The molecule has 1 unspecified atom stereocenters. The summed E-state index contributed by atoms with van der Waals surface area (Å²) >= 11 is 1.82. The molecular weight excluding hydrogens is 224 g/mol. The van der Waals surface area contributed by atoms with Crippen LogP contribution in [0.2, 0.25) is 0 Å². The van der Waals surface area contributed by atoms with Gasteiger partial charge in [0.15, 0.2) is 0 Å². The van der Waals surface area contributed by atoms with E-state index in [-0.39, 0.29) is 10.6 Å². The van der Waals surface area contributed by atoms with Crippen LogP contribution in [-0.4, -0.2) is 23.0 Å². The third-order valence-electron chi connectivity index (χ3n) is 2.25. The average Bonchev–Trinajstić information content (AvgIpc) is 2.27. The molecule has 0 spiro atoms. The number of hydrogen-bond donors (Lipinski definition) is 1. The van der Waals surface area contributed by atoms with Crippen LogP contribution < -0.4 is 5.32 Å². The third-order valence-corrected chi connectivity index (χ3v) is 2.89. The second-order valence-corrected chi connectivity index (χ2v) is 4.62. The topological polar surface area (TPSA) is 55.2 Å². The van der Waals surface area contributed by atoms with Crippen LogP contribution in [0.5, 0.6) is 0 Å². The summed E-state index contributed by atoms with van der Waals surface area (Å²) in [5.74, 6) is 1.11. The maximum Gasteiger partial charge on any atom is 0.269 e. The lowest BCUT2D eigenvalue weighted by atomic mass is 10.2. The van der Waals surface area contributed by atoms with Gasteiger partial charge in [-0.05, 0) is 37.5 Å². The molecule has 0 aromatic heterocycles. The Morgan fingerprint density at radius 3 is 2.56 bits per heavy atom. The average molecular weight is 240 g/mol. The lowest BCUT2D eigenvalue weighted by Crippen LogP contribution is -2.15. The van der Waals surface area contributed by atoms with E-state index in [4.69, 9.17) is 0 Å². The van der Waals surface area contributed by atoms with E-state index in [9.17, 15) is 10.1 Å². The first-order chi connectivity index (χ1) is 7.63. The van der Waals surface area contributed by atoms with Crippen molar-refractivity contribution >= 4 is 23.1 Å². The Hall–Kier alpha value is -1.23. The maximum atomic E-state index is 10.5. The molecule has 0 aliphatic heterocycles. The molecule has 0 heterocycles. The molecule has 4 nitrogen and oxygen atoms in total. The normalized spacial score (nSPS) is 12.1. The highest BCUT2D eigenvalue weighted by Crippen LogP contribution is 2.16. The minimum absolute atomic E-state index is 0.127. The van der Waals surface area contributed by atoms with E-state index in [1.54, 1.807) is 12.1 Å². The largest absolute Gasteiger partial charge is 0.383 e. The number of hydrogen-bond acceptors (Lipinski definition) is 4. The van der Waals surface area contributed by atoms with Gasteiger partial charge in [-0.2, -0.15) is 11.8 Å². The van der Waals surface area contributed by atoms with Crippen LogP contribution in [0, 0.1) is 10.1 Å². The molecule has 1 atom stereocenters. The molecule has 1 aromatic carbocycles. The zero-order valence-corrected chi connectivity index (χ0v) is 10.3. The van der Waals surface area contributed by atoms with Gasteiger partial charge >= 0.3 is 0 Å². The lowest BCUT2D eigenvalue weighted by Gasteiger charge is -2.14. The predicted octanol–water partition coefficient (Wildman–Crippen LogP) is 3.15.